The van der Waals surface area contributed by atoms with Gasteiger partial charge in [-0.05, 0) is 31.2 Å². The molecule has 1 aromatic carbocycles. The molecule has 21 heavy (non-hydrogen) atoms. The molecule has 3 nitrogen and oxygen atoms in total. The number of hydrogen-bond donors (Lipinski definition) is 1. The Morgan fingerprint density at radius 1 is 1.33 bits per heavy atom. The molecule has 1 N–H and O–H groups in total. The van der Waals surface area contributed by atoms with E-state index in [-0.39, 0.29) is 5.97 Å². The van der Waals surface area contributed by atoms with Gasteiger partial charge in [-0.15, -0.1) is 0 Å². The number of carbonyl (C=O) groups excluding carboxylic acids is 1. The summed E-state index contributed by atoms with van der Waals surface area (Å²) in [6.45, 7) is 6.67. The minimum absolute atomic E-state index is 0.199. The number of thioether (sulfide) groups is 1. The van der Waals surface area contributed by atoms with Crippen molar-refractivity contribution >= 4 is 17.7 Å². The molecule has 118 valence electrons. The number of rotatable bonds is 9. The number of nitrogens with one attached hydrogen (secondary N) is 1. The van der Waals surface area contributed by atoms with E-state index < -0.39 is 5.54 Å². The smallest absolute Gasteiger partial charge is 0.331 e. The topological polar surface area (TPSA) is 38.3 Å². The summed E-state index contributed by atoms with van der Waals surface area (Å²) < 4.78 is 5.32. The number of ether oxygens (including phenoxy) is 1. The van der Waals surface area contributed by atoms with E-state index in [0.29, 0.717) is 18.3 Å². The second-order valence-electron chi connectivity index (χ2n) is 5.27. The van der Waals surface area contributed by atoms with Gasteiger partial charge in [0, 0.05) is 5.75 Å². The third-order valence-corrected chi connectivity index (χ3v) is 5.18. The highest BCUT2D eigenvalue weighted by molar-refractivity contribution is 7.99. The summed E-state index contributed by atoms with van der Waals surface area (Å²) in [5.41, 5.74) is 0.192. The van der Waals surface area contributed by atoms with Crippen molar-refractivity contribution in [3.8, 4) is 0 Å². The Balaban J connectivity index is 2.95. The first-order chi connectivity index (χ1) is 10.1. The molecule has 0 radical (unpaired) electrons. The van der Waals surface area contributed by atoms with Crippen molar-refractivity contribution in [2.75, 3.05) is 25.2 Å². The monoisotopic (exact) mass is 309 g/mol. The maximum atomic E-state index is 12.5. The average molecular weight is 309 g/mol. The summed E-state index contributed by atoms with van der Waals surface area (Å²) >= 11 is 1.80. The molecule has 0 spiro atoms. The minimum Gasteiger partial charge on any atom is -0.464 e. The van der Waals surface area contributed by atoms with Crippen LogP contribution in [0.15, 0.2) is 30.3 Å². The number of carbonyl (C=O) groups is 1. The van der Waals surface area contributed by atoms with Crippen LogP contribution in [0.25, 0.3) is 0 Å². The fourth-order valence-corrected chi connectivity index (χ4v) is 3.58. The average Bonchev–Trinajstić information content (AvgIpc) is 2.52. The van der Waals surface area contributed by atoms with Crippen LogP contribution < -0.4 is 5.32 Å². The van der Waals surface area contributed by atoms with Crippen molar-refractivity contribution in [2.24, 2.45) is 5.92 Å². The van der Waals surface area contributed by atoms with Gasteiger partial charge in [0.25, 0.3) is 0 Å². The molecule has 1 aromatic rings. The zero-order chi connectivity index (χ0) is 15.7. The lowest BCUT2D eigenvalue weighted by Gasteiger charge is -2.31. The zero-order valence-corrected chi connectivity index (χ0v) is 14.3. The van der Waals surface area contributed by atoms with Crippen LogP contribution in [0.2, 0.25) is 0 Å². The molecule has 0 fully saturated rings. The lowest BCUT2D eigenvalue weighted by molar-refractivity contribution is -0.150. The molecule has 0 aliphatic heterocycles. The molecule has 1 rings (SSSR count). The number of hydrogen-bond acceptors (Lipinski definition) is 4. The number of esters is 1. The summed E-state index contributed by atoms with van der Waals surface area (Å²) in [7, 11) is 1.83. The van der Waals surface area contributed by atoms with Gasteiger partial charge in [-0.2, -0.15) is 11.8 Å². The van der Waals surface area contributed by atoms with E-state index in [2.05, 4.69) is 19.2 Å². The Morgan fingerprint density at radius 3 is 2.52 bits per heavy atom. The first-order valence-electron chi connectivity index (χ1n) is 7.60. The van der Waals surface area contributed by atoms with E-state index >= 15 is 0 Å². The van der Waals surface area contributed by atoms with Gasteiger partial charge in [0.15, 0.2) is 5.54 Å². The summed E-state index contributed by atoms with van der Waals surface area (Å²) in [5.74, 6) is 2.18. The Labute approximate surface area is 132 Å². The maximum absolute atomic E-state index is 12.5. The quantitative estimate of drug-likeness (QED) is 0.709. The molecule has 2 unspecified atom stereocenters. The molecular weight excluding hydrogens is 282 g/mol. The summed E-state index contributed by atoms with van der Waals surface area (Å²) in [6.07, 6.45) is 1.16. The third-order valence-electron chi connectivity index (χ3n) is 3.74. The van der Waals surface area contributed by atoms with E-state index in [1.54, 1.807) is 11.8 Å². The summed E-state index contributed by atoms with van der Waals surface area (Å²) in [4.78, 5) is 12.5. The molecule has 0 aromatic heterocycles. The largest absolute Gasteiger partial charge is 0.464 e. The van der Waals surface area contributed by atoms with Gasteiger partial charge in [-0.3, -0.25) is 0 Å². The molecule has 0 bridgehead atoms. The lowest BCUT2D eigenvalue weighted by atomic mass is 9.92. The molecule has 0 aliphatic rings. The number of benzene rings is 1. The van der Waals surface area contributed by atoms with Crippen LogP contribution in [0.1, 0.15) is 32.8 Å². The van der Waals surface area contributed by atoms with E-state index in [1.807, 2.05) is 44.3 Å². The first-order valence-corrected chi connectivity index (χ1v) is 8.75. The van der Waals surface area contributed by atoms with Crippen molar-refractivity contribution in [3.05, 3.63) is 35.9 Å². The van der Waals surface area contributed by atoms with Crippen molar-refractivity contribution in [2.45, 2.75) is 32.7 Å². The first kappa shape index (κ1) is 18.1. The van der Waals surface area contributed by atoms with Crippen LogP contribution in [-0.2, 0) is 15.1 Å². The van der Waals surface area contributed by atoms with E-state index in [0.717, 1.165) is 17.7 Å². The van der Waals surface area contributed by atoms with Gasteiger partial charge in [0.05, 0.1) is 6.61 Å². The van der Waals surface area contributed by atoms with Crippen LogP contribution in [0.3, 0.4) is 0 Å². The van der Waals surface area contributed by atoms with Gasteiger partial charge in [-0.1, -0.05) is 50.6 Å². The molecular formula is C17H27NO2S. The van der Waals surface area contributed by atoms with Crippen LogP contribution >= 0.6 is 11.8 Å². The van der Waals surface area contributed by atoms with Gasteiger partial charge in [-0.25, -0.2) is 4.79 Å². The molecule has 0 saturated carbocycles. The number of likely N-dealkylation sites (N-methyl/N-ethyl adjacent to an activating group) is 1. The highest BCUT2D eigenvalue weighted by Crippen LogP contribution is 2.28. The fraction of sp³-hybridized carbons (Fsp3) is 0.588. The molecule has 0 amide bonds. The Kier molecular flexibility index (Phi) is 7.83. The van der Waals surface area contributed by atoms with Gasteiger partial charge < -0.3 is 10.1 Å². The lowest BCUT2D eigenvalue weighted by Crippen LogP contribution is -2.50. The minimum atomic E-state index is -0.768. The predicted molar refractivity (Wildman–Crippen MR) is 90.6 cm³/mol. The van der Waals surface area contributed by atoms with Gasteiger partial charge in [0.1, 0.15) is 0 Å². The Hall–Kier alpha value is -1.00. The molecule has 0 aliphatic carbocycles. The van der Waals surface area contributed by atoms with Crippen molar-refractivity contribution < 1.29 is 9.53 Å². The van der Waals surface area contributed by atoms with Crippen LogP contribution in [0.4, 0.5) is 0 Å². The highest BCUT2D eigenvalue weighted by Gasteiger charge is 2.40. The van der Waals surface area contributed by atoms with Gasteiger partial charge >= 0.3 is 5.97 Å². The Bertz CT molecular complexity index is 424. The van der Waals surface area contributed by atoms with E-state index in [9.17, 15) is 4.79 Å². The molecule has 2 atom stereocenters. The Morgan fingerprint density at radius 2 is 2.00 bits per heavy atom. The second kappa shape index (κ2) is 9.11. The molecule has 0 heterocycles. The SMILES string of the molecule is CCOC(=O)C(CSCC(C)CC)(NC)c1ccccc1. The highest BCUT2D eigenvalue weighted by atomic mass is 32.2. The van der Waals surface area contributed by atoms with Crippen molar-refractivity contribution in [1.29, 1.82) is 0 Å². The molecule has 0 saturated heterocycles. The van der Waals surface area contributed by atoms with Crippen molar-refractivity contribution in [1.82, 2.24) is 5.32 Å². The van der Waals surface area contributed by atoms with Gasteiger partial charge in [0.2, 0.25) is 0 Å². The van der Waals surface area contributed by atoms with Crippen LogP contribution in [0.5, 0.6) is 0 Å². The zero-order valence-electron chi connectivity index (χ0n) is 13.5. The van der Waals surface area contributed by atoms with E-state index in [1.165, 1.54) is 0 Å². The summed E-state index contributed by atoms with van der Waals surface area (Å²) in [5, 5.41) is 3.21. The van der Waals surface area contributed by atoms with Crippen LogP contribution in [0, 0.1) is 5.92 Å². The molecule has 4 heteroatoms. The van der Waals surface area contributed by atoms with E-state index in [4.69, 9.17) is 4.74 Å². The second-order valence-corrected chi connectivity index (χ2v) is 6.30. The normalized spacial score (nSPS) is 15.2. The van der Waals surface area contributed by atoms with Crippen molar-refractivity contribution in [3.63, 3.8) is 0 Å². The summed E-state index contributed by atoms with van der Waals surface area (Å²) in [6, 6.07) is 9.84. The standard InChI is InChI=1S/C17H27NO2S/c1-5-14(3)12-21-13-17(18-4,16(19)20-6-2)15-10-8-7-9-11-15/h7-11,14,18H,5-6,12-13H2,1-4H3. The fourth-order valence-electron chi connectivity index (χ4n) is 2.09. The predicted octanol–water partition coefficient (Wildman–Crippen LogP) is 3.44. The maximum Gasteiger partial charge on any atom is 0.331 e. The third kappa shape index (κ3) is 4.75. The van der Waals surface area contributed by atoms with Crippen LogP contribution in [-0.4, -0.2) is 31.1 Å².